The largest absolute Gasteiger partial charge is 0.355 e. The van der Waals surface area contributed by atoms with Gasteiger partial charge in [-0.15, -0.1) is 0 Å². The van der Waals surface area contributed by atoms with Gasteiger partial charge in [0, 0.05) is 6.54 Å². The van der Waals surface area contributed by atoms with E-state index >= 15 is 0 Å². The summed E-state index contributed by atoms with van der Waals surface area (Å²) in [4.78, 5) is 13.6. The molecule has 0 unspecified atom stereocenters. The number of halogens is 1. The van der Waals surface area contributed by atoms with Gasteiger partial charge in [-0.2, -0.15) is 0 Å². The molecule has 0 aliphatic rings. The Bertz CT molecular complexity index is 618. The third kappa shape index (κ3) is 6.08. The van der Waals surface area contributed by atoms with Crippen LogP contribution < -0.4 is 10.0 Å². The highest BCUT2D eigenvalue weighted by atomic mass is 32.2. The predicted molar refractivity (Wildman–Crippen MR) is 82.5 cm³/mol. The number of hydrogen-bond donors (Lipinski definition) is 2. The van der Waals surface area contributed by atoms with Gasteiger partial charge in [-0.3, -0.25) is 4.79 Å². The summed E-state index contributed by atoms with van der Waals surface area (Å²) in [6, 6.07) is 3.39. The van der Waals surface area contributed by atoms with Crippen LogP contribution in [-0.4, -0.2) is 53.0 Å². The maximum absolute atomic E-state index is 13.0. The molecule has 6 nitrogen and oxygen atoms in total. The Labute approximate surface area is 130 Å². The Kier molecular flexibility index (Phi) is 6.92. The molecule has 124 valence electrons. The van der Waals surface area contributed by atoms with Gasteiger partial charge in [0.25, 0.3) is 0 Å². The van der Waals surface area contributed by atoms with E-state index in [0.29, 0.717) is 12.1 Å². The summed E-state index contributed by atoms with van der Waals surface area (Å²) in [5.41, 5.74) is 0.291. The van der Waals surface area contributed by atoms with E-state index in [9.17, 15) is 17.6 Å². The van der Waals surface area contributed by atoms with Crippen molar-refractivity contribution in [1.82, 2.24) is 14.9 Å². The summed E-state index contributed by atoms with van der Waals surface area (Å²) in [7, 11) is 0.0305. The van der Waals surface area contributed by atoms with Crippen LogP contribution in [0.1, 0.15) is 12.0 Å². The SMILES string of the molecule is Cc1cc(F)ccc1S(=O)(=O)NCC(=O)NCCCN(C)C. The average molecular weight is 331 g/mol. The molecule has 0 atom stereocenters. The summed E-state index contributed by atoms with van der Waals surface area (Å²) < 4.78 is 39.3. The Morgan fingerprint density at radius 1 is 1.32 bits per heavy atom. The molecule has 1 aromatic rings. The lowest BCUT2D eigenvalue weighted by molar-refractivity contribution is -0.119. The number of carbonyl (C=O) groups excluding carboxylic acids is 1. The van der Waals surface area contributed by atoms with E-state index < -0.39 is 21.7 Å². The van der Waals surface area contributed by atoms with E-state index in [2.05, 4.69) is 10.0 Å². The van der Waals surface area contributed by atoms with Gasteiger partial charge in [0.2, 0.25) is 15.9 Å². The Hall–Kier alpha value is -1.51. The first-order valence-electron chi connectivity index (χ1n) is 6.89. The van der Waals surface area contributed by atoms with Crippen LogP contribution in [-0.2, 0) is 14.8 Å². The number of aryl methyl sites for hydroxylation is 1. The first-order chi connectivity index (χ1) is 10.2. The van der Waals surface area contributed by atoms with Gasteiger partial charge in [-0.25, -0.2) is 17.5 Å². The van der Waals surface area contributed by atoms with Gasteiger partial charge in [-0.1, -0.05) is 0 Å². The van der Waals surface area contributed by atoms with E-state index in [1.54, 1.807) is 0 Å². The molecule has 0 fully saturated rings. The van der Waals surface area contributed by atoms with Crippen LogP contribution in [0.2, 0.25) is 0 Å². The molecular weight excluding hydrogens is 309 g/mol. The number of nitrogens with one attached hydrogen (secondary N) is 2. The third-order valence-electron chi connectivity index (χ3n) is 2.95. The van der Waals surface area contributed by atoms with Crippen molar-refractivity contribution in [1.29, 1.82) is 0 Å². The van der Waals surface area contributed by atoms with Crippen LogP contribution in [0.4, 0.5) is 4.39 Å². The van der Waals surface area contributed by atoms with Crippen LogP contribution in [0.15, 0.2) is 23.1 Å². The minimum absolute atomic E-state index is 0.0330. The van der Waals surface area contributed by atoms with Crippen molar-refractivity contribution >= 4 is 15.9 Å². The number of carbonyl (C=O) groups is 1. The molecule has 0 spiro atoms. The molecule has 0 aliphatic heterocycles. The van der Waals surface area contributed by atoms with Gasteiger partial charge in [0.15, 0.2) is 0 Å². The number of benzene rings is 1. The molecule has 1 rings (SSSR count). The molecule has 1 aromatic carbocycles. The number of rotatable bonds is 8. The lowest BCUT2D eigenvalue weighted by Crippen LogP contribution is -2.38. The number of nitrogens with zero attached hydrogens (tertiary/aromatic N) is 1. The lowest BCUT2D eigenvalue weighted by Gasteiger charge is -2.11. The highest BCUT2D eigenvalue weighted by molar-refractivity contribution is 7.89. The smallest absolute Gasteiger partial charge is 0.241 e. The Balaban J connectivity index is 2.50. The van der Waals surface area contributed by atoms with E-state index in [1.807, 2.05) is 19.0 Å². The van der Waals surface area contributed by atoms with Crippen molar-refractivity contribution in [3.05, 3.63) is 29.6 Å². The molecular formula is C14H22FN3O3S. The fraction of sp³-hybridized carbons (Fsp3) is 0.500. The predicted octanol–water partition coefficient (Wildman–Crippen LogP) is 0.480. The molecule has 2 N–H and O–H groups in total. The minimum atomic E-state index is -3.83. The number of sulfonamides is 1. The van der Waals surface area contributed by atoms with Gasteiger partial charge in [0.1, 0.15) is 5.82 Å². The zero-order valence-corrected chi connectivity index (χ0v) is 13.8. The van der Waals surface area contributed by atoms with E-state index in [-0.39, 0.29) is 11.4 Å². The summed E-state index contributed by atoms with van der Waals surface area (Å²) in [6.07, 6.45) is 0.780. The molecule has 8 heteroatoms. The zero-order valence-electron chi connectivity index (χ0n) is 13.0. The van der Waals surface area contributed by atoms with E-state index in [0.717, 1.165) is 25.1 Å². The normalized spacial score (nSPS) is 11.7. The molecule has 0 saturated carbocycles. The van der Waals surface area contributed by atoms with Crippen molar-refractivity contribution < 1.29 is 17.6 Å². The van der Waals surface area contributed by atoms with E-state index in [4.69, 9.17) is 0 Å². The zero-order chi connectivity index (χ0) is 16.8. The van der Waals surface area contributed by atoms with Gasteiger partial charge in [0.05, 0.1) is 11.4 Å². The topological polar surface area (TPSA) is 78.5 Å². The van der Waals surface area contributed by atoms with Crippen molar-refractivity contribution in [3.63, 3.8) is 0 Å². The van der Waals surface area contributed by atoms with Crippen LogP contribution in [0, 0.1) is 12.7 Å². The fourth-order valence-corrected chi connectivity index (χ4v) is 3.04. The van der Waals surface area contributed by atoms with Crippen molar-refractivity contribution in [2.24, 2.45) is 0 Å². The monoisotopic (exact) mass is 331 g/mol. The second-order valence-electron chi connectivity index (χ2n) is 5.24. The number of hydrogen-bond acceptors (Lipinski definition) is 4. The van der Waals surface area contributed by atoms with Crippen molar-refractivity contribution in [2.75, 3.05) is 33.7 Å². The van der Waals surface area contributed by atoms with Crippen molar-refractivity contribution in [3.8, 4) is 0 Å². The second kappa shape index (κ2) is 8.21. The van der Waals surface area contributed by atoms with Gasteiger partial charge in [-0.05, 0) is 57.7 Å². The molecule has 0 bridgehead atoms. The molecule has 22 heavy (non-hydrogen) atoms. The molecule has 0 heterocycles. The van der Waals surface area contributed by atoms with Crippen LogP contribution in [0.25, 0.3) is 0 Å². The number of amides is 1. The van der Waals surface area contributed by atoms with Crippen LogP contribution in [0.5, 0.6) is 0 Å². The molecule has 0 radical (unpaired) electrons. The van der Waals surface area contributed by atoms with Crippen molar-refractivity contribution in [2.45, 2.75) is 18.2 Å². The highest BCUT2D eigenvalue weighted by Crippen LogP contribution is 2.15. The Morgan fingerprint density at radius 3 is 2.59 bits per heavy atom. The summed E-state index contributed by atoms with van der Waals surface area (Å²) in [5, 5.41) is 2.63. The molecule has 0 saturated heterocycles. The van der Waals surface area contributed by atoms with E-state index in [1.165, 1.54) is 13.0 Å². The maximum Gasteiger partial charge on any atom is 0.241 e. The third-order valence-corrected chi connectivity index (χ3v) is 4.51. The lowest BCUT2D eigenvalue weighted by atomic mass is 10.2. The standard InChI is InChI=1S/C14H22FN3O3S/c1-11-9-12(15)5-6-13(11)22(20,21)17-10-14(19)16-7-4-8-18(2)3/h5-6,9,17H,4,7-8,10H2,1-3H3,(H,16,19). The van der Waals surface area contributed by atoms with Gasteiger partial charge < -0.3 is 10.2 Å². The van der Waals surface area contributed by atoms with Gasteiger partial charge >= 0.3 is 0 Å². The first kappa shape index (κ1) is 18.5. The summed E-state index contributed by atoms with van der Waals surface area (Å²) >= 11 is 0. The second-order valence-corrected chi connectivity index (χ2v) is 6.98. The average Bonchev–Trinajstić information content (AvgIpc) is 2.41. The summed E-state index contributed by atoms with van der Waals surface area (Å²) in [6.45, 7) is 2.47. The minimum Gasteiger partial charge on any atom is -0.355 e. The quantitative estimate of drug-likeness (QED) is 0.679. The van der Waals surface area contributed by atoms with Crippen LogP contribution >= 0.6 is 0 Å². The van der Waals surface area contributed by atoms with Crippen LogP contribution in [0.3, 0.4) is 0 Å². The molecule has 1 amide bonds. The fourth-order valence-electron chi connectivity index (χ4n) is 1.84. The molecule has 0 aromatic heterocycles. The maximum atomic E-state index is 13.0. The molecule has 0 aliphatic carbocycles. The summed E-state index contributed by atoms with van der Waals surface area (Å²) in [5.74, 6) is -0.905. The highest BCUT2D eigenvalue weighted by Gasteiger charge is 2.18. The Morgan fingerprint density at radius 2 is 2.00 bits per heavy atom. The first-order valence-corrected chi connectivity index (χ1v) is 8.38.